The summed E-state index contributed by atoms with van der Waals surface area (Å²) in [4.78, 5) is 0. The van der Waals surface area contributed by atoms with Crippen molar-refractivity contribution in [3.63, 3.8) is 0 Å². The number of rotatable bonds is 7. The molecule has 0 aliphatic carbocycles. The fraction of sp³-hybridized carbons (Fsp3) is 0.636. The summed E-state index contributed by atoms with van der Waals surface area (Å²) in [7, 11) is 0. The van der Waals surface area contributed by atoms with Crippen LogP contribution < -0.4 is 0 Å². The minimum atomic E-state index is 0.326. The molecular formula is C11H20O. The molecule has 0 fully saturated rings. The van der Waals surface area contributed by atoms with Gasteiger partial charge < -0.3 is 5.11 Å². The molecule has 0 aromatic heterocycles. The van der Waals surface area contributed by atoms with E-state index in [1.807, 2.05) is 6.92 Å². The van der Waals surface area contributed by atoms with Gasteiger partial charge in [0.15, 0.2) is 0 Å². The first-order chi connectivity index (χ1) is 5.91. The SMILES string of the molecule is CC=CCCC=CCCCCO. The maximum Gasteiger partial charge on any atom is 0.0431 e. The first-order valence-corrected chi connectivity index (χ1v) is 4.78. The third kappa shape index (κ3) is 9.44. The van der Waals surface area contributed by atoms with Crippen LogP contribution >= 0.6 is 0 Å². The van der Waals surface area contributed by atoms with Gasteiger partial charge in [0.1, 0.15) is 0 Å². The van der Waals surface area contributed by atoms with Crippen molar-refractivity contribution in [3.8, 4) is 0 Å². The van der Waals surface area contributed by atoms with Crippen molar-refractivity contribution in [2.45, 2.75) is 39.0 Å². The number of hydrogen-bond donors (Lipinski definition) is 1. The zero-order chi connectivity index (χ0) is 9.07. The minimum Gasteiger partial charge on any atom is -0.396 e. The first kappa shape index (κ1) is 11.4. The molecule has 0 saturated heterocycles. The molecule has 0 amide bonds. The molecule has 0 heterocycles. The Bertz CT molecular complexity index is 125. The zero-order valence-electron chi connectivity index (χ0n) is 8.00. The third-order valence-electron chi connectivity index (χ3n) is 1.68. The van der Waals surface area contributed by atoms with Crippen molar-refractivity contribution in [1.82, 2.24) is 0 Å². The molecule has 1 N–H and O–H groups in total. The summed E-state index contributed by atoms with van der Waals surface area (Å²) >= 11 is 0. The number of hydrogen-bond acceptors (Lipinski definition) is 1. The summed E-state index contributed by atoms with van der Waals surface area (Å²) in [6.45, 7) is 2.37. The van der Waals surface area contributed by atoms with Gasteiger partial charge in [-0.2, -0.15) is 0 Å². The Kier molecular flexibility index (Phi) is 9.95. The van der Waals surface area contributed by atoms with Crippen molar-refractivity contribution in [2.75, 3.05) is 6.61 Å². The normalized spacial score (nSPS) is 11.8. The summed E-state index contributed by atoms with van der Waals surface area (Å²) in [5.41, 5.74) is 0. The maximum absolute atomic E-state index is 8.51. The molecule has 0 saturated carbocycles. The summed E-state index contributed by atoms with van der Waals surface area (Å²) in [6, 6.07) is 0. The highest BCUT2D eigenvalue weighted by Crippen LogP contribution is 1.98. The number of unbranched alkanes of at least 4 members (excludes halogenated alkanes) is 3. The lowest BCUT2D eigenvalue weighted by Gasteiger charge is -1.91. The summed E-state index contributed by atoms with van der Waals surface area (Å²) in [5, 5.41) is 8.51. The van der Waals surface area contributed by atoms with E-state index in [-0.39, 0.29) is 0 Å². The minimum absolute atomic E-state index is 0.326. The van der Waals surface area contributed by atoms with Crippen molar-refractivity contribution in [1.29, 1.82) is 0 Å². The van der Waals surface area contributed by atoms with Crippen LogP contribution in [0.2, 0.25) is 0 Å². The number of aliphatic hydroxyl groups is 1. The Morgan fingerprint density at radius 1 is 0.917 bits per heavy atom. The molecule has 1 nitrogen and oxygen atoms in total. The lowest BCUT2D eigenvalue weighted by molar-refractivity contribution is 0.285. The van der Waals surface area contributed by atoms with Crippen molar-refractivity contribution in [2.24, 2.45) is 0 Å². The monoisotopic (exact) mass is 168 g/mol. The Labute approximate surface area is 75.8 Å². The maximum atomic E-state index is 8.51. The highest BCUT2D eigenvalue weighted by atomic mass is 16.2. The molecule has 70 valence electrons. The average Bonchev–Trinajstić information content (AvgIpc) is 2.10. The second kappa shape index (κ2) is 10.4. The Balaban J connectivity index is 3.03. The van der Waals surface area contributed by atoms with Gasteiger partial charge in [-0.3, -0.25) is 0 Å². The molecule has 0 rings (SSSR count). The van der Waals surface area contributed by atoms with Crippen LogP contribution in [0.1, 0.15) is 39.0 Å². The van der Waals surface area contributed by atoms with Gasteiger partial charge in [-0.1, -0.05) is 24.3 Å². The predicted molar refractivity (Wildman–Crippen MR) is 54.1 cm³/mol. The molecule has 0 aromatic rings. The lowest BCUT2D eigenvalue weighted by Crippen LogP contribution is -1.80. The highest BCUT2D eigenvalue weighted by molar-refractivity contribution is 4.86. The van der Waals surface area contributed by atoms with Crippen LogP contribution in [0.4, 0.5) is 0 Å². The summed E-state index contributed by atoms with van der Waals surface area (Å²) in [6.07, 6.45) is 14.1. The molecule has 0 radical (unpaired) electrons. The average molecular weight is 168 g/mol. The van der Waals surface area contributed by atoms with Crippen molar-refractivity contribution >= 4 is 0 Å². The fourth-order valence-corrected chi connectivity index (χ4v) is 0.969. The molecule has 12 heavy (non-hydrogen) atoms. The van der Waals surface area contributed by atoms with E-state index in [1.54, 1.807) is 0 Å². The number of allylic oxidation sites excluding steroid dienone is 4. The van der Waals surface area contributed by atoms with Gasteiger partial charge >= 0.3 is 0 Å². The Hall–Kier alpha value is -0.560. The van der Waals surface area contributed by atoms with E-state index in [0.717, 1.165) is 32.1 Å². The van der Waals surface area contributed by atoms with Gasteiger partial charge in [-0.15, -0.1) is 0 Å². The molecule has 0 atom stereocenters. The lowest BCUT2D eigenvalue weighted by atomic mass is 10.2. The van der Waals surface area contributed by atoms with E-state index >= 15 is 0 Å². The van der Waals surface area contributed by atoms with Crippen LogP contribution in [0.25, 0.3) is 0 Å². The predicted octanol–water partition coefficient (Wildman–Crippen LogP) is 3.06. The first-order valence-electron chi connectivity index (χ1n) is 4.78. The van der Waals surface area contributed by atoms with E-state index in [4.69, 9.17) is 5.11 Å². The molecule has 0 aliphatic rings. The molecule has 1 heteroatoms. The second-order valence-corrected chi connectivity index (χ2v) is 2.84. The van der Waals surface area contributed by atoms with Crippen LogP contribution in [-0.4, -0.2) is 11.7 Å². The van der Waals surface area contributed by atoms with Gasteiger partial charge in [0.2, 0.25) is 0 Å². The Morgan fingerprint density at radius 3 is 2.25 bits per heavy atom. The van der Waals surface area contributed by atoms with Crippen molar-refractivity contribution < 1.29 is 5.11 Å². The molecule has 0 bridgehead atoms. The Morgan fingerprint density at radius 2 is 1.58 bits per heavy atom. The second-order valence-electron chi connectivity index (χ2n) is 2.84. The van der Waals surface area contributed by atoms with E-state index in [1.165, 1.54) is 0 Å². The quantitative estimate of drug-likeness (QED) is 0.457. The standard InChI is InChI=1S/C11H20O/c1-2-3-4-5-6-7-8-9-10-11-12/h2-3,6-7,12H,4-5,8-11H2,1H3. The van der Waals surface area contributed by atoms with E-state index < -0.39 is 0 Å². The van der Waals surface area contributed by atoms with Crippen LogP contribution in [0.15, 0.2) is 24.3 Å². The molecular weight excluding hydrogens is 148 g/mol. The molecule has 0 aromatic carbocycles. The topological polar surface area (TPSA) is 20.2 Å². The smallest absolute Gasteiger partial charge is 0.0431 e. The summed E-state index contributed by atoms with van der Waals surface area (Å²) in [5.74, 6) is 0. The van der Waals surface area contributed by atoms with Crippen LogP contribution in [0.3, 0.4) is 0 Å². The number of aliphatic hydroxyl groups excluding tert-OH is 1. The van der Waals surface area contributed by atoms with Crippen molar-refractivity contribution in [3.05, 3.63) is 24.3 Å². The molecule has 0 spiro atoms. The van der Waals surface area contributed by atoms with Gasteiger partial charge in [-0.25, -0.2) is 0 Å². The van der Waals surface area contributed by atoms with Gasteiger partial charge in [0, 0.05) is 6.61 Å². The van der Waals surface area contributed by atoms with Gasteiger partial charge in [0.25, 0.3) is 0 Å². The van der Waals surface area contributed by atoms with Gasteiger partial charge in [-0.05, 0) is 39.0 Å². The zero-order valence-corrected chi connectivity index (χ0v) is 8.00. The van der Waals surface area contributed by atoms with Crippen LogP contribution in [-0.2, 0) is 0 Å². The molecule has 0 aliphatic heterocycles. The van der Waals surface area contributed by atoms with E-state index in [2.05, 4.69) is 24.3 Å². The van der Waals surface area contributed by atoms with E-state index in [9.17, 15) is 0 Å². The summed E-state index contributed by atoms with van der Waals surface area (Å²) < 4.78 is 0. The third-order valence-corrected chi connectivity index (χ3v) is 1.68. The van der Waals surface area contributed by atoms with E-state index in [0.29, 0.717) is 6.61 Å². The highest BCUT2D eigenvalue weighted by Gasteiger charge is 1.81. The largest absolute Gasteiger partial charge is 0.396 e. The van der Waals surface area contributed by atoms with Gasteiger partial charge in [0.05, 0.1) is 0 Å². The molecule has 0 unspecified atom stereocenters. The van der Waals surface area contributed by atoms with Crippen LogP contribution in [0.5, 0.6) is 0 Å². The van der Waals surface area contributed by atoms with Crippen LogP contribution in [0, 0.1) is 0 Å². The fourth-order valence-electron chi connectivity index (χ4n) is 0.969.